The fourth-order valence-corrected chi connectivity index (χ4v) is 1.87. The smallest absolute Gasteiger partial charge is 0.323 e. The van der Waals surface area contributed by atoms with Gasteiger partial charge in [-0.15, -0.1) is 0 Å². The van der Waals surface area contributed by atoms with E-state index in [0.717, 1.165) is 32.4 Å². The summed E-state index contributed by atoms with van der Waals surface area (Å²) in [7, 11) is 1.86. The minimum absolute atomic E-state index is 0.404. The van der Waals surface area contributed by atoms with E-state index in [9.17, 15) is 4.79 Å². The lowest BCUT2D eigenvalue weighted by Gasteiger charge is -2.31. The van der Waals surface area contributed by atoms with Crippen molar-refractivity contribution in [2.45, 2.75) is 51.2 Å². The minimum atomic E-state index is -0.781. The Kier molecular flexibility index (Phi) is 4.74. The molecule has 0 aromatic carbocycles. The van der Waals surface area contributed by atoms with E-state index >= 15 is 0 Å². The first kappa shape index (κ1) is 13.5. The molecule has 1 fully saturated rings. The van der Waals surface area contributed by atoms with Crippen LogP contribution in [0.15, 0.2) is 0 Å². The van der Waals surface area contributed by atoms with Crippen molar-refractivity contribution in [3.63, 3.8) is 0 Å². The highest BCUT2D eigenvalue weighted by molar-refractivity contribution is 5.77. The van der Waals surface area contributed by atoms with Gasteiger partial charge in [0.15, 0.2) is 0 Å². The van der Waals surface area contributed by atoms with Gasteiger partial charge in [0.1, 0.15) is 5.54 Å². The van der Waals surface area contributed by atoms with Crippen LogP contribution in [0.25, 0.3) is 0 Å². The molecule has 0 bridgehead atoms. The Hall–Kier alpha value is -0.610. The number of hydrogen-bond donors (Lipinski definition) is 1. The number of nitrogens with zero attached hydrogens (tertiary/aromatic N) is 1. The number of hydrogen-bond acceptors (Lipinski definition) is 3. The van der Waals surface area contributed by atoms with Crippen molar-refractivity contribution in [2.75, 3.05) is 20.2 Å². The number of ether oxygens (including phenoxy) is 1. The summed E-state index contributed by atoms with van der Waals surface area (Å²) in [6, 6.07) is 0. The Morgan fingerprint density at radius 3 is 2.75 bits per heavy atom. The minimum Gasteiger partial charge on any atom is -0.480 e. The van der Waals surface area contributed by atoms with Crippen molar-refractivity contribution in [1.82, 2.24) is 4.90 Å². The molecule has 4 nitrogen and oxygen atoms in total. The summed E-state index contributed by atoms with van der Waals surface area (Å²) in [5.41, 5.74) is -0.781. The third kappa shape index (κ3) is 3.46. The maximum atomic E-state index is 11.0. The van der Waals surface area contributed by atoms with Gasteiger partial charge in [0.25, 0.3) is 0 Å². The molecular formula is C12H23NO3. The zero-order valence-electron chi connectivity index (χ0n) is 10.5. The molecule has 0 spiro atoms. The molecule has 1 heterocycles. The van der Waals surface area contributed by atoms with Crippen LogP contribution in [-0.2, 0) is 9.53 Å². The van der Waals surface area contributed by atoms with E-state index in [1.165, 1.54) is 6.42 Å². The Morgan fingerprint density at radius 1 is 1.56 bits per heavy atom. The van der Waals surface area contributed by atoms with Gasteiger partial charge in [-0.1, -0.05) is 0 Å². The average molecular weight is 229 g/mol. The van der Waals surface area contributed by atoms with Gasteiger partial charge in [-0.05, 0) is 53.1 Å². The van der Waals surface area contributed by atoms with Gasteiger partial charge in [0.05, 0.1) is 6.10 Å². The molecule has 1 unspecified atom stereocenters. The lowest BCUT2D eigenvalue weighted by atomic mass is 10.0. The second kappa shape index (κ2) is 5.64. The van der Waals surface area contributed by atoms with Crippen molar-refractivity contribution in [3.8, 4) is 0 Å². The Morgan fingerprint density at radius 2 is 2.25 bits per heavy atom. The number of carbonyl (C=O) groups is 1. The van der Waals surface area contributed by atoms with Crippen LogP contribution in [-0.4, -0.2) is 47.8 Å². The van der Waals surface area contributed by atoms with Crippen LogP contribution >= 0.6 is 0 Å². The quantitative estimate of drug-likeness (QED) is 0.753. The van der Waals surface area contributed by atoms with Crippen LogP contribution in [0.2, 0.25) is 0 Å². The van der Waals surface area contributed by atoms with Gasteiger partial charge in [-0.25, -0.2) is 0 Å². The molecule has 1 aliphatic rings. The number of carboxylic acid groups (broad SMARTS) is 1. The normalized spacial score (nSPS) is 21.6. The van der Waals surface area contributed by atoms with Gasteiger partial charge >= 0.3 is 5.97 Å². The van der Waals surface area contributed by atoms with Gasteiger partial charge in [-0.3, -0.25) is 9.69 Å². The Balaban J connectivity index is 2.23. The van der Waals surface area contributed by atoms with E-state index in [-0.39, 0.29) is 0 Å². The zero-order chi connectivity index (χ0) is 12.2. The summed E-state index contributed by atoms with van der Waals surface area (Å²) in [5, 5.41) is 9.06. The number of rotatable bonds is 6. The molecule has 0 radical (unpaired) electrons. The molecule has 16 heavy (non-hydrogen) atoms. The van der Waals surface area contributed by atoms with Crippen LogP contribution < -0.4 is 0 Å². The van der Waals surface area contributed by atoms with Gasteiger partial charge in [-0.2, -0.15) is 0 Å². The monoisotopic (exact) mass is 229 g/mol. The van der Waals surface area contributed by atoms with E-state index in [2.05, 4.69) is 0 Å². The van der Waals surface area contributed by atoms with Crippen molar-refractivity contribution in [1.29, 1.82) is 0 Å². The largest absolute Gasteiger partial charge is 0.480 e. The summed E-state index contributed by atoms with van der Waals surface area (Å²) < 4.78 is 5.53. The first-order valence-corrected chi connectivity index (χ1v) is 6.01. The molecule has 1 saturated heterocycles. The molecule has 0 amide bonds. The molecule has 1 N–H and O–H groups in total. The molecule has 0 saturated carbocycles. The highest BCUT2D eigenvalue weighted by Gasteiger charge is 2.31. The molecule has 4 heteroatoms. The van der Waals surface area contributed by atoms with E-state index < -0.39 is 11.5 Å². The molecule has 0 aromatic rings. The summed E-state index contributed by atoms with van der Waals surface area (Å²) in [6.45, 7) is 5.17. The summed E-state index contributed by atoms with van der Waals surface area (Å²) in [4.78, 5) is 12.9. The van der Waals surface area contributed by atoms with Gasteiger partial charge < -0.3 is 9.84 Å². The molecule has 94 valence electrons. The standard InChI is InChI=1S/C12H23NO3/c1-12(2,11(14)15)13(3)8-4-6-10-7-5-9-16-10/h10H,4-9H2,1-3H3,(H,14,15). The van der Waals surface area contributed by atoms with E-state index in [0.29, 0.717) is 6.10 Å². The van der Waals surface area contributed by atoms with Crippen molar-refractivity contribution in [2.24, 2.45) is 0 Å². The van der Waals surface area contributed by atoms with Gasteiger partial charge in [0, 0.05) is 6.61 Å². The lowest BCUT2D eigenvalue weighted by molar-refractivity contribution is -0.148. The highest BCUT2D eigenvalue weighted by atomic mass is 16.5. The van der Waals surface area contributed by atoms with Crippen molar-refractivity contribution in [3.05, 3.63) is 0 Å². The van der Waals surface area contributed by atoms with Gasteiger partial charge in [0.2, 0.25) is 0 Å². The Labute approximate surface area is 97.6 Å². The molecule has 0 aromatic heterocycles. The fourth-order valence-electron chi connectivity index (χ4n) is 1.87. The van der Waals surface area contributed by atoms with Crippen molar-refractivity contribution >= 4 is 5.97 Å². The van der Waals surface area contributed by atoms with E-state index in [1.54, 1.807) is 13.8 Å². The predicted octanol–water partition coefficient (Wildman–Crippen LogP) is 1.74. The number of carboxylic acids is 1. The first-order valence-electron chi connectivity index (χ1n) is 6.01. The summed E-state index contributed by atoms with van der Waals surface area (Å²) >= 11 is 0. The van der Waals surface area contributed by atoms with E-state index in [4.69, 9.17) is 9.84 Å². The fraction of sp³-hybridized carbons (Fsp3) is 0.917. The SMILES string of the molecule is CN(CCCC1CCCO1)C(C)(C)C(=O)O. The second-order valence-electron chi connectivity index (χ2n) is 5.06. The topological polar surface area (TPSA) is 49.8 Å². The zero-order valence-corrected chi connectivity index (χ0v) is 10.5. The number of aliphatic carboxylic acids is 1. The molecule has 0 aliphatic carbocycles. The van der Waals surface area contributed by atoms with E-state index in [1.807, 2.05) is 11.9 Å². The first-order chi connectivity index (χ1) is 7.44. The molecule has 1 atom stereocenters. The average Bonchev–Trinajstić information content (AvgIpc) is 2.70. The molecule has 1 rings (SSSR count). The Bertz CT molecular complexity index is 234. The molecular weight excluding hydrogens is 206 g/mol. The van der Waals surface area contributed by atoms with Crippen LogP contribution in [0.5, 0.6) is 0 Å². The third-order valence-electron chi connectivity index (χ3n) is 3.52. The summed E-state index contributed by atoms with van der Waals surface area (Å²) in [6.07, 6.45) is 4.77. The third-order valence-corrected chi connectivity index (χ3v) is 3.52. The highest BCUT2D eigenvalue weighted by Crippen LogP contribution is 2.18. The second-order valence-corrected chi connectivity index (χ2v) is 5.06. The molecule has 1 aliphatic heterocycles. The van der Waals surface area contributed by atoms with Crippen LogP contribution in [0, 0.1) is 0 Å². The van der Waals surface area contributed by atoms with Crippen LogP contribution in [0.4, 0.5) is 0 Å². The maximum absolute atomic E-state index is 11.0. The van der Waals surface area contributed by atoms with Crippen LogP contribution in [0.1, 0.15) is 39.5 Å². The maximum Gasteiger partial charge on any atom is 0.323 e. The van der Waals surface area contributed by atoms with Crippen LogP contribution in [0.3, 0.4) is 0 Å². The van der Waals surface area contributed by atoms with Crippen molar-refractivity contribution < 1.29 is 14.6 Å². The summed E-state index contributed by atoms with van der Waals surface area (Å²) in [5.74, 6) is -0.771. The number of likely N-dealkylation sites (N-methyl/N-ethyl adjacent to an activating group) is 1. The lowest BCUT2D eigenvalue weighted by Crippen LogP contribution is -2.48. The predicted molar refractivity (Wildman–Crippen MR) is 62.6 cm³/mol.